The van der Waals surface area contributed by atoms with Gasteiger partial charge in [0.25, 0.3) is 0 Å². The predicted octanol–water partition coefficient (Wildman–Crippen LogP) is 6.61. The molecule has 0 saturated heterocycles. The first-order valence-corrected chi connectivity index (χ1v) is 14.6. The van der Waals surface area contributed by atoms with E-state index in [2.05, 4.69) is 58.5 Å². The second-order valence-corrected chi connectivity index (χ2v) is 13.7. The third-order valence-electron chi connectivity index (χ3n) is 10.3. The van der Waals surface area contributed by atoms with E-state index in [4.69, 9.17) is 9.57 Å². The molecule has 0 spiro atoms. The minimum Gasteiger partial charge on any atom is -0.399 e. The molecule has 0 aromatic heterocycles. The van der Waals surface area contributed by atoms with Crippen molar-refractivity contribution >= 4 is 5.71 Å². The number of oxime groups is 1. The van der Waals surface area contributed by atoms with E-state index in [9.17, 15) is 10.2 Å². The Morgan fingerprint density at radius 1 is 1.19 bits per heavy atom. The lowest BCUT2D eigenvalue weighted by molar-refractivity contribution is -0.0536. The highest BCUT2D eigenvalue weighted by atomic mass is 16.6. The largest absolute Gasteiger partial charge is 0.399 e. The van der Waals surface area contributed by atoms with Gasteiger partial charge < -0.3 is 19.8 Å². The third kappa shape index (κ3) is 6.09. The molecule has 37 heavy (non-hydrogen) atoms. The van der Waals surface area contributed by atoms with Gasteiger partial charge in [-0.1, -0.05) is 64.1 Å². The lowest BCUT2D eigenvalue weighted by Gasteiger charge is -2.48. The third-order valence-corrected chi connectivity index (χ3v) is 10.3. The van der Waals surface area contributed by atoms with Crippen LogP contribution in [-0.2, 0) is 9.57 Å². The molecular formula is C32H51NO4. The summed E-state index contributed by atoms with van der Waals surface area (Å²) in [6.45, 7) is 16.2. The van der Waals surface area contributed by atoms with Gasteiger partial charge in [0.1, 0.15) is 7.11 Å². The van der Waals surface area contributed by atoms with Crippen molar-refractivity contribution in [3.05, 3.63) is 35.5 Å². The molecule has 5 nitrogen and oxygen atoms in total. The summed E-state index contributed by atoms with van der Waals surface area (Å²) in [6.07, 6.45) is 13.4. The zero-order valence-electron chi connectivity index (χ0n) is 24.1. The SMILES string of the molecule is C=C1/C(=C\C=C2/CCC[C@]3(C)C([C@H](C)C4CC(OC/C(=N\OC)C(C)(C)C)C4)CC[C@@H]23)C[C@@H](O)C[C@@H]1O. The summed E-state index contributed by atoms with van der Waals surface area (Å²) in [4.78, 5) is 5.05. The first-order chi connectivity index (χ1) is 17.4. The van der Waals surface area contributed by atoms with Crippen LogP contribution in [0.15, 0.2) is 40.6 Å². The number of aliphatic hydroxyl groups excluding tert-OH is 2. The monoisotopic (exact) mass is 513 g/mol. The van der Waals surface area contributed by atoms with E-state index in [1.165, 1.54) is 32.1 Å². The normalized spacial score (nSPS) is 40.0. The summed E-state index contributed by atoms with van der Waals surface area (Å²) < 4.78 is 6.26. The van der Waals surface area contributed by atoms with E-state index in [1.54, 1.807) is 12.7 Å². The van der Waals surface area contributed by atoms with Crippen LogP contribution < -0.4 is 0 Å². The highest BCUT2D eigenvalue weighted by molar-refractivity contribution is 5.90. The lowest BCUT2D eigenvalue weighted by Crippen LogP contribution is -2.43. The molecule has 0 aromatic carbocycles. The van der Waals surface area contributed by atoms with Crippen molar-refractivity contribution in [3.8, 4) is 0 Å². The molecule has 4 rings (SSSR count). The number of rotatable bonds is 7. The van der Waals surface area contributed by atoms with Gasteiger partial charge in [0, 0.05) is 11.8 Å². The molecule has 6 atom stereocenters. The van der Waals surface area contributed by atoms with Crippen molar-refractivity contribution in [2.24, 2.45) is 39.7 Å². The zero-order valence-corrected chi connectivity index (χ0v) is 24.1. The Balaban J connectivity index is 1.36. The van der Waals surface area contributed by atoms with E-state index in [-0.39, 0.29) is 5.41 Å². The van der Waals surface area contributed by atoms with Crippen molar-refractivity contribution < 1.29 is 19.8 Å². The Morgan fingerprint density at radius 2 is 1.92 bits per heavy atom. The number of hydrogen-bond donors (Lipinski definition) is 2. The molecular weight excluding hydrogens is 462 g/mol. The van der Waals surface area contributed by atoms with Crippen LogP contribution in [0.5, 0.6) is 0 Å². The molecule has 208 valence electrons. The molecule has 0 aromatic rings. The predicted molar refractivity (Wildman–Crippen MR) is 150 cm³/mol. The molecule has 4 aliphatic carbocycles. The van der Waals surface area contributed by atoms with Crippen LogP contribution in [-0.4, -0.2) is 48.0 Å². The van der Waals surface area contributed by atoms with E-state index in [0.717, 1.165) is 41.5 Å². The van der Waals surface area contributed by atoms with Crippen LogP contribution in [0.4, 0.5) is 0 Å². The molecule has 0 aliphatic heterocycles. The average molecular weight is 514 g/mol. The van der Waals surface area contributed by atoms with E-state index < -0.39 is 12.2 Å². The fraction of sp³-hybridized carbons (Fsp3) is 0.781. The smallest absolute Gasteiger partial charge is 0.106 e. The maximum absolute atomic E-state index is 10.2. The topological polar surface area (TPSA) is 71.3 Å². The number of fused-ring (bicyclic) bond motifs is 1. The minimum absolute atomic E-state index is 0.0497. The molecule has 5 heteroatoms. The Labute approximate surface area is 225 Å². The number of hydrogen-bond acceptors (Lipinski definition) is 5. The second-order valence-electron chi connectivity index (χ2n) is 13.7. The van der Waals surface area contributed by atoms with Crippen molar-refractivity contribution in [2.75, 3.05) is 13.7 Å². The van der Waals surface area contributed by atoms with Gasteiger partial charge in [0.05, 0.1) is 30.6 Å². The highest BCUT2D eigenvalue weighted by Crippen LogP contribution is 2.61. The average Bonchev–Trinajstić information content (AvgIpc) is 3.15. The van der Waals surface area contributed by atoms with Crippen LogP contribution in [0.3, 0.4) is 0 Å². The molecule has 0 bridgehead atoms. The van der Waals surface area contributed by atoms with Gasteiger partial charge in [-0.2, -0.15) is 0 Å². The highest BCUT2D eigenvalue weighted by Gasteiger charge is 2.53. The summed E-state index contributed by atoms with van der Waals surface area (Å²) in [6, 6.07) is 0. The van der Waals surface area contributed by atoms with Gasteiger partial charge in [0.15, 0.2) is 0 Å². The maximum atomic E-state index is 10.2. The Kier molecular flexibility index (Phi) is 8.77. The van der Waals surface area contributed by atoms with E-state index in [1.807, 2.05) is 0 Å². The summed E-state index contributed by atoms with van der Waals surface area (Å²) in [5.74, 6) is 2.86. The van der Waals surface area contributed by atoms with Crippen LogP contribution in [0.2, 0.25) is 0 Å². The molecule has 4 saturated carbocycles. The molecule has 0 amide bonds. The second kappa shape index (κ2) is 11.4. The summed E-state index contributed by atoms with van der Waals surface area (Å²) in [5, 5.41) is 24.6. The Bertz CT molecular complexity index is 922. The van der Waals surface area contributed by atoms with Crippen LogP contribution >= 0.6 is 0 Å². The van der Waals surface area contributed by atoms with Crippen LogP contribution in [0, 0.1) is 34.5 Å². The first kappa shape index (κ1) is 28.6. The summed E-state index contributed by atoms with van der Waals surface area (Å²) in [5.41, 5.74) is 4.64. The van der Waals surface area contributed by atoms with Crippen molar-refractivity contribution in [2.45, 2.75) is 111 Å². The number of aliphatic hydroxyl groups is 2. The Morgan fingerprint density at radius 3 is 2.59 bits per heavy atom. The fourth-order valence-corrected chi connectivity index (χ4v) is 7.80. The van der Waals surface area contributed by atoms with Crippen molar-refractivity contribution in [1.82, 2.24) is 0 Å². The molecule has 1 unspecified atom stereocenters. The van der Waals surface area contributed by atoms with Gasteiger partial charge in [0.2, 0.25) is 0 Å². The lowest BCUT2D eigenvalue weighted by atomic mass is 9.57. The minimum atomic E-state index is -0.621. The summed E-state index contributed by atoms with van der Waals surface area (Å²) >= 11 is 0. The molecule has 0 heterocycles. The molecule has 2 N–H and O–H groups in total. The zero-order chi connectivity index (χ0) is 27.0. The van der Waals surface area contributed by atoms with Gasteiger partial charge in [-0.25, -0.2) is 0 Å². The van der Waals surface area contributed by atoms with E-state index >= 15 is 0 Å². The van der Waals surface area contributed by atoms with Gasteiger partial charge in [-0.05, 0) is 91.6 Å². The van der Waals surface area contributed by atoms with Crippen LogP contribution in [0.1, 0.15) is 92.4 Å². The van der Waals surface area contributed by atoms with Gasteiger partial charge in [-0.3, -0.25) is 0 Å². The Hall–Kier alpha value is -1.43. The molecule has 4 aliphatic rings. The van der Waals surface area contributed by atoms with Gasteiger partial charge in [-0.15, -0.1) is 0 Å². The first-order valence-electron chi connectivity index (χ1n) is 14.6. The molecule has 0 radical (unpaired) electrons. The van der Waals surface area contributed by atoms with E-state index in [0.29, 0.717) is 42.8 Å². The molecule has 4 fully saturated rings. The quantitative estimate of drug-likeness (QED) is 0.297. The van der Waals surface area contributed by atoms with Crippen LogP contribution in [0.25, 0.3) is 0 Å². The fourth-order valence-electron chi connectivity index (χ4n) is 7.80. The maximum Gasteiger partial charge on any atom is 0.106 e. The van der Waals surface area contributed by atoms with Crippen molar-refractivity contribution in [1.29, 1.82) is 0 Å². The number of allylic oxidation sites excluding steroid dienone is 3. The van der Waals surface area contributed by atoms with Gasteiger partial charge >= 0.3 is 0 Å². The van der Waals surface area contributed by atoms with Crippen molar-refractivity contribution in [3.63, 3.8) is 0 Å². The standard InChI is InChI=1S/C32H51NO4/c1-20(24-16-26(17-24)37-19-30(33-36-7)31(3,4)5)27-12-13-28-22(9-8-14-32(27,28)6)10-11-23-15-25(34)18-29(35)21(23)2/h10-11,20,24-29,34-35H,2,8-9,12-19H2,1,3-7H3/b22-10+,23-11-,33-30+/t20-,24?,25-,26?,27?,28+,29+,32-/m1/s1. The number of ether oxygens (including phenoxy) is 1. The summed E-state index contributed by atoms with van der Waals surface area (Å²) in [7, 11) is 1.60. The number of nitrogens with zero attached hydrogens (tertiary/aromatic N) is 1.